The van der Waals surface area contributed by atoms with Gasteiger partial charge in [0.25, 0.3) is 0 Å². The van der Waals surface area contributed by atoms with Gasteiger partial charge in [0, 0.05) is 38.1 Å². The normalized spacial score (nSPS) is 19.1. The van der Waals surface area contributed by atoms with Crippen molar-refractivity contribution in [3.05, 3.63) is 31.1 Å². The van der Waals surface area contributed by atoms with E-state index in [2.05, 4.69) is 24.4 Å². The van der Waals surface area contributed by atoms with E-state index < -0.39 is 0 Å². The van der Waals surface area contributed by atoms with Crippen LogP contribution in [0.1, 0.15) is 12.8 Å². The molecule has 0 aliphatic carbocycles. The first-order valence-electron chi connectivity index (χ1n) is 6.92. The predicted octanol–water partition coefficient (Wildman–Crippen LogP) is 1.60. The van der Waals surface area contributed by atoms with Gasteiger partial charge in [0.05, 0.1) is 13.4 Å². The Morgan fingerprint density at radius 2 is 2.35 bits per heavy atom. The molecule has 1 saturated heterocycles. The number of rotatable bonds is 4. The molecule has 6 heteroatoms. The Kier molecular flexibility index (Phi) is 3.80. The van der Waals surface area contributed by atoms with Crippen molar-refractivity contribution in [3.8, 4) is 5.88 Å². The number of hydrogen-bond acceptors (Lipinski definition) is 5. The van der Waals surface area contributed by atoms with E-state index in [4.69, 9.17) is 4.74 Å². The predicted molar refractivity (Wildman–Crippen MR) is 75.7 cm³/mol. The summed E-state index contributed by atoms with van der Waals surface area (Å²) in [6, 6.07) is 1.90. The molecule has 106 valence electrons. The van der Waals surface area contributed by atoms with Gasteiger partial charge in [-0.2, -0.15) is 0 Å². The lowest BCUT2D eigenvalue weighted by atomic mass is 9.98. The van der Waals surface area contributed by atoms with Crippen LogP contribution in [0.15, 0.2) is 31.1 Å². The third kappa shape index (κ3) is 2.89. The Labute approximate surface area is 118 Å². The second kappa shape index (κ2) is 5.90. The Morgan fingerprint density at radius 1 is 1.40 bits per heavy atom. The highest BCUT2D eigenvalue weighted by molar-refractivity contribution is 5.41. The average Bonchev–Trinajstić information content (AvgIpc) is 3.00. The van der Waals surface area contributed by atoms with E-state index >= 15 is 0 Å². The highest BCUT2D eigenvalue weighted by Gasteiger charge is 2.21. The van der Waals surface area contributed by atoms with Crippen LogP contribution in [-0.2, 0) is 6.54 Å². The third-order valence-corrected chi connectivity index (χ3v) is 3.71. The fraction of sp³-hybridized carbons (Fsp3) is 0.500. The number of ether oxygens (including phenoxy) is 1. The lowest BCUT2D eigenvalue weighted by molar-refractivity contribution is 0.363. The smallest absolute Gasteiger partial charge is 0.218 e. The van der Waals surface area contributed by atoms with E-state index in [1.807, 2.05) is 24.8 Å². The molecule has 1 aliphatic heterocycles. The molecule has 3 rings (SSSR count). The number of piperidine rings is 1. The van der Waals surface area contributed by atoms with Crippen molar-refractivity contribution in [1.29, 1.82) is 0 Å². The van der Waals surface area contributed by atoms with Gasteiger partial charge in [-0.1, -0.05) is 0 Å². The SMILES string of the molecule is COc1cc(N2CCC[C@H](Cn3ccnc3)C2)ncn1. The van der Waals surface area contributed by atoms with Gasteiger partial charge in [-0.15, -0.1) is 0 Å². The third-order valence-electron chi connectivity index (χ3n) is 3.71. The van der Waals surface area contributed by atoms with Gasteiger partial charge in [0.2, 0.25) is 5.88 Å². The largest absolute Gasteiger partial charge is 0.481 e. The van der Waals surface area contributed by atoms with Gasteiger partial charge in [0.15, 0.2) is 0 Å². The Bertz CT molecular complexity index is 542. The van der Waals surface area contributed by atoms with Crippen LogP contribution in [-0.4, -0.2) is 39.7 Å². The molecular formula is C14H19N5O. The molecule has 3 heterocycles. The van der Waals surface area contributed by atoms with Crippen molar-refractivity contribution in [3.63, 3.8) is 0 Å². The van der Waals surface area contributed by atoms with Crippen molar-refractivity contribution in [2.24, 2.45) is 5.92 Å². The molecule has 2 aromatic heterocycles. The zero-order chi connectivity index (χ0) is 13.8. The van der Waals surface area contributed by atoms with Crippen LogP contribution < -0.4 is 9.64 Å². The molecule has 0 saturated carbocycles. The minimum Gasteiger partial charge on any atom is -0.481 e. The summed E-state index contributed by atoms with van der Waals surface area (Å²) < 4.78 is 7.32. The molecule has 0 radical (unpaired) electrons. The Hall–Kier alpha value is -2.11. The summed E-state index contributed by atoms with van der Waals surface area (Å²) in [6.07, 6.45) is 9.73. The summed E-state index contributed by atoms with van der Waals surface area (Å²) >= 11 is 0. The number of hydrogen-bond donors (Lipinski definition) is 0. The molecular weight excluding hydrogens is 254 g/mol. The summed E-state index contributed by atoms with van der Waals surface area (Å²) in [7, 11) is 1.63. The Morgan fingerprint density at radius 3 is 3.15 bits per heavy atom. The van der Waals surface area contributed by atoms with Gasteiger partial charge in [-0.05, 0) is 18.8 Å². The molecule has 0 unspecified atom stereocenters. The van der Waals surface area contributed by atoms with Crippen LogP contribution in [0.5, 0.6) is 5.88 Å². The molecule has 0 spiro atoms. The van der Waals surface area contributed by atoms with Crippen molar-refractivity contribution in [2.75, 3.05) is 25.1 Å². The fourth-order valence-electron chi connectivity index (χ4n) is 2.73. The molecule has 2 aromatic rings. The van der Waals surface area contributed by atoms with E-state index in [1.165, 1.54) is 12.8 Å². The van der Waals surface area contributed by atoms with E-state index in [0.717, 1.165) is 25.5 Å². The lowest BCUT2D eigenvalue weighted by Gasteiger charge is -2.33. The maximum absolute atomic E-state index is 5.17. The van der Waals surface area contributed by atoms with Crippen LogP contribution >= 0.6 is 0 Å². The van der Waals surface area contributed by atoms with Gasteiger partial charge in [-0.25, -0.2) is 15.0 Å². The van der Waals surface area contributed by atoms with E-state index in [-0.39, 0.29) is 0 Å². The highest BCUT2D eigenvalue weighted by Crippen LogP contribution is 2.24. The number of aromatic nitrogens is 4. The van der Waals surface area contributed by atoms with E-state index in [9.17, 15) is 0 Å². The minimum absolute atomic E-state index is 0.617. The summed E-state index contributed by atoms with van der Waals surface area (Å²) in [6.45, 7) is 3.07. The second-order valence-corrected chi connectivity index (χ2v) is 5.13. The minimum atomic E-state index is 0.617. The van der Waals surface area contributed by atoms with Crippen molar-refractivity contribution < 1.29 is 4.74 Å². The topological polar surface area (TPSA) is 56.1 Å². The molecule has 1 aliphatic rings. The first-order chi connectivity index (χ1) is 9.85. The molecule has 20 heavy (non-hydrogen) atoms. The molecule has 0 N–H and O–H groups in total. The molecule has 0 bridgehead atoms. The average molecular weight is 273 g/mol. The molecule has 0 aromatic carbocycles. The van der Waals surface area contributed by atoms with Crippen LogP contribution in [0, 0.1) is 5.92 Å². The first-order valence-corrected chi connectivity index (χ1v) is 6.92. The zero-order valence-electron chi connectivity index (χ0n) is 11.6. The summed E-state index contributed by atoms with van der Waals surface area (Å²) in [4.78, 5) is 14.8. The lowest BCUT2D eigenvalue weighted by Crippen LogP contribution is -2.37. The van der Waals surface area contributed by atoms with Crippen molar-refractivity contribution in [2.45, 2.75) is 19.4 Å². The number of anilines is 1. The van der Waals surface area contributed by atoms with Crippen LogP contribution in [0.2, 0.25) is 0 Å². The van der Waals surface area contributed by atoms with Gasteiger partial charge < -0.3 is 14.2 Å². The molecule has 1 fully saturated rings. The Balaban J connectivity index is 1.68. The maximum atomic E-state index is 5.17. The van der Waals surface area contributed by atoms with Crippen molar-refractivity contribution >= 4 is 5.82 Å². The van der Waals surface area contributed by atoms with Crippen LogP contribution in [0.3, 0.4) is 0 Å². The van der Waals surface area contributed by atoms with Gasteiger partial charge in [-0.3, -0.25) is 0 Å². The summed E-state index contributed by atoms with van der Waals surface area (Å²) in [5.41, 5.74) is 0. The molecule has 1 atom stereocenters. The standard InChI is InChI=1S/C14H19N5O/c1-20-14-7-13(16-10-17-14)19-5-2-3-12(9-19)8-18-6-4-15-11-18/h4,6-7,10-12H,2-3,5,8-9H2,1H3/t12-/m1/s1. The fourth-order valence-corrected chi connectivity index (χ4v) is 2.73. The summed E-state index contributed by atoms with van der Waals surface area (Å²) in [5, 5.41) is 0. The highest BCUT2D eigenvalue weighted by atomic mass is 16.5. The maximum Gasteiger partial charge on any atom is 0.218 e. The molecule has 6 nitrogen and oxygen atoms in total. The van der Waals surface area contributed by atoms with Gasteiger partial charge in [0.1, 0.15) is 12.1 Å². The summed E-state index contributed by atoms with van der Waals surface area (Å²) in [5.74, 6) is 2.19. The van der Waals surface area contributed by atoms with E-state index in [1.54, 1.807) is 13.4 Å². The second-order valence-electron chi connectivity index (χ2n) is 5.13. The van der Waals surface area contributed by atoms with Gasteiger partial charge >= 0.3 is 0 Å². The van der Waals surface area contributed by atoms with Crippen molar-refractivity contribution in [1.82, 2.24) is 19.5 Å². The number of nitrogens with zero attached hydrogens (tertiary/aromatic N) is 5. The zero-order valence-corrected chi connectivity index (χ0v) is 11.6. The number of imidazole rings is 1. The quantitative estimate of drug-likeness (QED) is 0.847. The first kappa shape index (κ1) is 12.9. The van der Waals surface area contributed by atoms with Crippen LogP contribution in [0.4, 0.5) is 5.82 Å². The monoisotopic (exact) mass is 273 g/mol. The van der Waals surface area contributed by atoms with Crippen LogP contribution in [0.25, 0.3) is 0 Å². The van der Waals surface area contributed by atoms with E-state index in [0.29, 0.717) is 11.8 Å². The molecule has 0 amide bonds. The number of methoxy groups -OCH3 is 1.